The zero-order chi connectivity index (χ0) is 19.0. The summed E-state index contributed by atoms with van der Waals surface area (Å²) in [7, 11) is -3.50. The van der Waals surface area contributed by atoms with Crippen LogP contribution in [-0.4, -0.2) is 41.0 Å². The number of hydrogen-bond acceptors (Lipinski definition) is 6. The third-order valence-electron chi connectivity index (χ3n) is 2.98. The first-order valence-electron chi connectivity index (χ1n) is 6.93. The van der Waals surface area contributed by atoms with Crippen molar-refractivity contribution in [2.75, 3.05) is 6.26 Å². The van der Waals surface area contributed by atoms with Gasteiger partial charge in [-0.3, -0.25) is 4.79 Å². The van der Waals surface area contributed by atoms with Crippen molar-refractivity contribution in [3.05, 3.63) is 29.6 Å². The largest absolute Gasteiger partial charge is 0.435 e. The Balaban J connectivity index is 2.67. The number of thioether (sulfide) groups is 1. The van der Waals surface area contributed by atoms with E-state index in [0.717, 1.165) is 28.9 Å². The first-order valence-corrected chi connectivity index (χ1v) is 9.70. The number of halogens is 3. The molecule has 0 amide bonds. The molecule has 2 heterocycles. The van der Waals surface area contributed by atoms with E-state index in [2.05, 4.69) is 10.1 Å². The normalized spacial score (nSPS) is 12.6. The van der Waals surface area contributed by atoms with Crippen LogP contribution in [-0.2, 0) is 16.0 Å². The van der Waals surface area contributed by atoms with Crippen molar-refractivity contribution in [1.29, 1.82) is 0 Å². The minimum absolute atomic E-state index is 0.00284. The molecule has 0 aliphatic heterocycles. The second-order valence-corrected chi connectivity index (χ2v) is 8.97. The lowest BCUT2D eigenvalue weighted by molar-refractivity contribution is -0.141. The fourth-order valence-corrected chi connectivity index (χ4v) is 3.45. The van der Waals surface area contributed by atoms with Crippen molar-refractivity contribution >= 4 is 27.9 Å². The molecule has 6 nitrogen and oxygen atoms in total. The van der Waals surface area contributed by atoms with Crippen molar-refractivity contribution in [2.45, 2.75) is 35.2 Å². The Morgan fingerprint density at radius 3 is 2.32 bits per heavy atom. The molecule has 0 saturated heterocycles. The molecular formula is C14H14F3N3O3S2. The number of sulfone groups is 1. The van der Waals surface area contributed by atoms with E-state index in [1.807, 2.05) is 0 Å². The molecule has 2 aromatic heterocycles. The lowest BCUT2D eigenvalue weighted by Crippen LogP contribution is -2.10. The minimum Gasteiger partial charge on any atom is -0.298 e. The van der Waals surface area contributed by atoms with E-state index in [4.69, 9.17) is 0 Å². The molecule has 11 heteroatoms. The molecule has 0 unspecified atom stereocenters. The number of nitrogens with zero attached hydrogens (tertiary/aromatic N) is 3. The molecule has 0 spiro atoms. The Morgan fingerprint density at radius 1 is 1.28 bits per heavy atom. The molecule has 0 N–H and O–H groups in total. The summed E-state index contributed by atoms with van der Waals surface area (Å²) in [5.74, 6) is -0.0193. The Labute approximate surface area is 146 Å². The van der Waals surface area contributed by atoms with Crippen LogP contribution in [0.15, 0.2) is 28.3 Å². The molecule has 136 valence electrons. The van der Waals surface area contributed by atoms with Crippen LogP contribution < -0.4 is 0 Å². The molecule has 2 rings (SSSR count). The molecule has 0 bridgehead atoms. The highest BCUT2D eigenvalue weighted by atomic mass is 32.2. The summed E-state index contributed by atoms with van der Waals surface area (Å²) in [6.07, 6.45) is -2.67. The topological polar surface area (TPSA) is 81.9 Å². The number of aldehydes is 1. The highest BCUT2D eigenvalue weighted by molar-refractivity contribution is 7.99. The fraction of sp³-hybridized carbons (Fsp3) is 0.357. The van der Waals surface area contributed by atoms with Crippen LogP contribution in [0.25, 0.3) is 5.82 Å². The van der Waals surface area contributed by atoms with Crippen LogP contribution in [0, 0.1) is 0 Å². The Kier molecular flexibility index (Phi) is 5.28. The van der Waals surface area contributed by atoms with E-state index in [-0.39, 0.29) is 27.3 Å². The van der Waals surface area contributed by atoms with Crippen molar-refractivity contribution in [1.82, 2.24) is 14.8 Å². The second kappa shape index (κ2) is 6.79. The Morgan fingerprint density at radius 2 is 1.92 bits per heavy atom. The van der Waals surface area contributed by atoms with Crippen molar-refractivity contribution in [3.8, 4) is 5.82 Å². The van der Waals surface area contributed by atoms with Gasteiger partial charge in [-0.1, -0.05) is 13.8 Å². The first-order chi connectivity index (χ1) is 11.4. The average molecular weight is 393 g/mol. The van der Waals surface area contributed by atoms with E-state index in [1.54, 1.807) is 13.8 Å². The smallest absolute Gasteiger partial charge is 0.298 e. The van der Waals surface area contributed by atoms with Gasteiger partial charge in [0.1, 0.15) is 5.03 Å². The maximum atomic E-state index is 13.2. The third-order valence-corrected chi connectivity index (χ3v) is 5.16. The summed E-state index contributed by atoms with van der Waals surface area (Å²) in [4.78, 5) is 15.0. The van der Waals surface area contributed by atoms with Crippen molar-refractivity contribution in [3.63, 3.8) is 0 Å². The van der Waals surface area contributed by atoms with E-state index in [1.165, 1.54) is 12.1 Å². The van der Waals surface area contributed by atoms with Gasteiger partial charge in [0.2, 0.25) is 0 Å². The van der Waals surface area contributed by atoms with Crippen LogP contribution in [0.1, 0.15) is 29.9 Å². The fourth-order valence-electron chi connectivity index (χ4n) is 1.94. The predicted molar refractivity (Wildman–Crippen MR) is 85.9 cm³/mol. The number of pyridine rings is 1. The van der Waals surface area contributed by atoms with Gasteiger partial charge in [0.05, 0.1) is 10.5 Å². The quantitative estimate of drug-likeness (QED) is 0.574. The molecule has 0 saturated carbocycles. The van der Waals surface area contributed by atoms with Gasteiger partial charge in [0.25, 0.3) is 0 Å². The minimum atomic E-state index is -4.81. The maximum Gasteiger partial charge on any atom is 0.435 e. The summed E-state index contributed by atoms with van der Waals surface area (Å²) < 4.78 is 63.3. The maximum absolute atomic E-state index is 13.2. The van der Waals surface area contributed by atoms with Crippen molar-refractivity contribution in [2.24, 2.45) is 0 Å². The molecule has 0 aliphatic carbocycles. The number of carbonyl (C=O) groups is 1. The molecule has 2 aromatic rings. The standard InChI is InChI=1S/C14H14F3N3O3S2/c1-8(2)24-13-10(7-21)12(14(15,16)17)19-20(13)11-5-4-9(6-18-11)25(3,22)23/h4-8H,1-3H3. The summed E-state index contributed by atoms with van der Waals surface area (Å²) >= 11 is 1.03. The number of hydrogen-bond donors (Lipinski definition) is 0. The van der Waals surface area contributed by atoms with Gasteiger partial charge in [0.15, 0.2) is 27.6 Å². The van der Waals surface area contributed by atoms with Gasteiger partial charge in [-0.2, -0.15) is 18.3 Å². The molecule has 25 heavy (non-hydrogen) atoms. The van der Waals surface area contributed by atoms with Gasteiger partial charge in [-0.05, 0) is 12.1 Å². The van der Waals surface area contributed by atoms with Crippen molar-refractivity contribution < 1.29 is 26.4 Å². The van der Waals surface area contributed by atoms with Crippen LogP contribution in [0.2, 0.25) is 0 Å². The molecule has 0 radical (unpaired) electrons. The number of carbonyl (C=O) groups excluding carboxylic acids is 1. The zero-order valence-electron chi connectivity index (χ0n) is 13.4. The Hall–Kier alpha value is -1.88. The summed E-state index contributed by atoms with van der Waals surface area (Å²) in [5, 5.41) is 3.37. The van der Waals surface area contributed by atoms with Gasteiger partial charge in [-0.15, -0.1) is 11.8 Å². The second-order valence-electron chi connectivity index (χ2n) is 5.39. The summed E-state index contributed by atoms with van der Waals surface area (Å²) in [6, 6.07) is 2.46. The van der Waals surface area contributed by atoms with Gasteiger partial charge >= 0.3 is 6.18 Å². The number of alkyl halides is 3. The molecule has 0 fully saturated rings. The highest BCUT2D eigenvalue weighted by Crippen LogP contribution is 2.37. The highest BCUT2D eigenvalue weighted by Gasteiger charge is 2.40. The zero-order valence-corrected chi connectivity index (χ0v) is 15.0. The van der Waals surface area contributed by atoms with Gasteiger partial charge in [-0.25, -0.2) is 18.1 Å². The third kappa shape index (κ3) is 4.21. The molecule has 0 aromatic carbocycles. The van der Waals surface area contributed by atoms with Gasteiger partial charge < -0.3 is 0 Å². The number of rotatable bonds is 5. The molecule has 0 atom stereocenters. The first kappa shape index (κ1) is 19.4. The van der Waals surface area contributed by atoms with E-state index in [0.29, 0.717) is 0 Å². The summed E-state index contributed by atoms with van der Waals surface area (Å²) in [5.41, 5.74) is -1.88. The molecular weight excluding hydrogens is 379 g/mol. The molecule has 0 aliphatic rings. The van der Waals surface area contributed by atoms with E-state index in [9.17, 15) is 26.4 Å². The lowest BCUT2D eigenvalue weighted by atomic mass is 10.2. The average Bonchev–Trinajstić information content (AvgIpc) is 2.84. The van der Waals surface area contributed by atoms with Crippen LogP contribution in [0.3, 0.4) is 0 Å². The van der Waals surface area contributed by atoms with Crippen LogP contribution in [0.4, 0.5) is 13.2 Å². The van der Waals surface area contributed by atoms with Crippen LogP contribution in [0.5, 0.6) is 0 Å². The SMILES string of the molecule is CC(C)Sc1c(C=O)c(C(F)(F)F)nn1-c1ccc(S(C)(=O)=O)cn1. The van der Waals surface area contributed by atoms with Gasteiger partial charge in [0, 0.05) is 17.7 Å². The predicted octanol–water partition coefficient (Wildman–Crippen LogP) is 3.00. The Bertz CT molecular complexity index is 889. The van der Waals surface area contributed by atoms with E-state index >= 15 is 0 Å². The van der Waals surface area contributed by atoms with E-state index < -0.39 is 27.3 Å². The summed E-state index contributed by atoms with van der Waals surface area (Å²) in [6.45, 7) is 3.51. The van der Waals surface area contributed by atoms with Crippen LogP contribution >= 0.6 is 11.8 Å². The lowest BCUT2D eigenvalue weighted by Gasteiger charge is -2.09. The monoisotopic (exact) mass is 393 g/mol. The number of aromatic nitrogens is 3.